The van der Waals surface area contributed by atoms with Crippen LogP contribution in [0.25, 0.3) is 0 Å². The highest BCUT2D eigenvalue weighted by Crippen LogP contribution is 2.21. The molecule has 1 aromatic rings. The Kier molecular flexibility index (Phi) is 4.46. The molecular formula is C13H21N5O2S. The number of aryl methyl sites for hydroxylation is 1. The lowest BCUT2D eigenvalue weighted by Crippen LogP contribution is -2.46. The molecule has 2 saturated heterocycles. The Morgan fingerprint density at radius 3 is 3.00 bits per heavy atom. The van der Waals surface area contributed by atoms with Crippen molar-refractivity contribution in [3.8, 4) is 0 Å². The Morgan fingerprint density at radius 1 is 1.38 bits per heavy atom. The molecule has 0 unspecified atom stereocenters. The number of hydrogen-bond donors (Lipinski definition) is 0. The maximum Gasteiger partial charge on any atom is 0.233 e. The number of ether oxygens (including phenoxy) is 1. The van der Waals surface area contributed by atoms with Crippen molar-refractivity contribution in [2.24, 2.45) is 13.0 Å². The predicted molar refractivity (Wildman–Crippen MR) is 79.0 cm³/mol. The molecule has 1 aromatic heterocycles. The molecule has 116 valence electrons. The van der Waals surface area contributed by atoms with Gasteiger partial charge in [-0.1, -0.05) is 11.8 Å². The first kappa shape index (κ1) is 14.8. The van der Waals surface area contributed by atoms with Crippen molar-refractivity contribution >= 4 is 17.7 Å². The van der Waals surface area contributed by atoms with E-state index in [0.717, 1.165) is 31.4 Å². The van der Waals surface area contributed by atoms with E-state index in [2.05, 4.69) is 22.1 Å². The van der Waals surface area contributed by atoms with Gasteiger partial charge in [0, 0.05) is 32.6 Å². The minimum Gasteiger partial charge on any atom is -0.379 e. The molecule has 3 rings (SSSR count). The van der Waals surface area contributed by atoms with Crippen LogP contribution in [-0.4, -0.2) is 82.2 Å². The van der Waals surface area contributed by atoms with E-state index in [9.17, 15) is 4.79 Å². The predicted octanol–water partition coefficient (Wildman–Crippen LogP) is -0.304. The van der Waals surface area contributed by atoms with Gasteiger partial charge in [-0.2, -0.15) is 0 Å². The normalized spacial score (nSPS) is 26.7. The van der Waals surface area contributed by atoms with Gasteiger partial charge in [0.15, 0.2) is 5.16 Å². The molecule has 2 aliphatic rings. The summed E-state index contributed by atoms with van der Waals surface area (Å²) in [5.41, 5.74) is 0. The molecule has 8 heteroatoms. The Morgan fingerprint density at radius 2 is 2.24 bits per heavy atom. The first-order valence-corrected chi connectivity index (χ1v) is 8.14. The van der Waals surface area contributed by atoms with Gasteiger partial charge in [0.2, 0.25) is 5.91 Å². The quantitative estimate of drug-likeness (QED) is 0.714. The molecule has 0 aliphatic carbocycles. The van der Waals surface area contributed by atoms with Gasteiger partial charge < -0.3 is 19.1 Å². The minimum absolute atomic E-state index is 0.162. The first-order chi connectivity index (χ1) is 10.1. The van der Waals surface area contributed by atoms with Crippen molar-refractivity contribution in [2.75, 3.05) is 45.6 Å². The van der Waals surface area contributed by atoms with E-state index in [1.807, 2.05) is 16.5 Å². The van der Waals surface area contributed by atoms with Crippen LogP contribution in [0.1, 0.15) is 0 Å². The third-order valence-electron chi connectivity index (χ3n) is 3.97. The molecular weight excluding hydrogens is 290 g/mol. The second kappa shape index (κ2) is 6.33. The zero-order valence-corrected chi connectivity index (χ0v) is 13.3. The van der Waals surface area contributed by atoms with Gasteiger partial charge in [-0.05, 0) is 7.05 Å². The lowest BCUT2D eigenvalue weighted by atomic mass is 10.1. The second-order valence-corrected chi connectivity index (χ2v) is 6.78. The Bertz CT molecular complexity index is 509. The fourth-order valence-electron chi connectivity index (χ4n) is 3.00. The largest absolute Gasteiger partial charge is 0.379 e. The fraction of sp³-hybridized carbons (Fsp3) is 0.769. The average Bonchev–Trinajstić information content (AvgIpc) is 2.65. The van der Waals surface area contributed by atoms with Crippen LogP contribution in [0.3, 0.4) is 0 Å². The Labute approximate surface area is 128 Å². The average molecular weight is 311 g/mol. The molecule has 7 nitrogen and oxygen atoms in total. The summed E-state index contributed by atoms with van der Waals surface area (Å²) < 4.78 is 7.53. The molecule has 0 aromatic carbocycles. The second-order valence-electron chi connectivity index (χ2n) is 5.84. The summed E-state index contributed by atoms with van der Waals surface area (Å²) >= 11 is 1.44. The van der Waals surface area contributed by atoms with Crippen molar-refractivity contribution in [3.63, 3.8) is 0 Å². The lowest BCUT2D eigenvalue weighted by molar-refractivity contribution is -0.131. The summed E-state index contributed by atoms with van der Waals surface area (Å²) in [5.74, 6) is 0.976. The SMILES string of the molecule is CN1C[C@@H]2COC[C@H](C1)N(C(=O)CSc1nncn1C)C2. The Balaban J connectivity index is 1.64. The zero-order valence-electron chi connectivity index (χ0n) is 12.4. The van der Waals surface area contributed by atoms with Crippen LogP contribution < -0.4 is 0 Å². The van der Waals surface area contributed by atoms with Gasteiger partial charge in [-0.3, -0.25) is 4.79 Å². The van der Waals surface area contributed by atoms with Gasteiger partial charge in [0.1, 0.15) is 6.33 Å². The number of carbonyl (C=O) groups excluding carboxylic acids is 1. The highest BCUT2D eigenvalue weighted by atomic mass is 32.2. The third kappa shape index (κ3) is 3.38. The van der Waals surface area contributed by atoms with E-state index in [1.54, 1.807) is 6.33 Å². The molecule has 0 saturated carbocycles. The van der Waals surface area contributed by atoms with Crippen molar-refractivity contribution in [1.29, 1.82) is 0 Å². The molecule has 3 heterocycles. The van der Waals surface area contributed by atoms with Crippen LogP contribution in [0, 0.1) is 5.92 Å². The third-order valence-corrected chi connectivity index (χ3v) is 4.99. The van der Waals surface area contributed by atoms with Crippen LogP contribution in [-0.2, 0) is 16.6 Å². The standard InChI is InChI=1S/C13H21N5O2S/c1-16-3-10-4-18(11(5-16)7-20-6-10)12(19)8-21-13-15-14-9-17(13)2/h9-11H,3-8H2,1-2H3/t10-,11-/m0/s1. The number of rotatable bonds is 3. The molecule has 2 bridgehead atoms. The first-order valence-electron chi connectivity index (χ1n) is 7.16. The van der Waals surface area contributed by atoms with E-state index in [1.165, 1.54) is 11.8 Å². The van der Waals surface area contributed by atoms with E-state index < -0.39 is 0 Å². The number of thioether (sulfide) groups is 1. The van der Waals surface area contributed by atoms with Crippen LogP contribution >= 0.6 is 11.8 Å². The number of aromatic nitrogens is 3. The summed E-state index contributed by atoms with van der Waals surface area (Å²) in [6.07, 6.45) is 1.65. The summed E-state index contributed by atoms with van der Waals surface area (Å²) in [5, 5.41) is 8.61. The van der Waals surface area contributed by atoms with Gasteiger partial charge in [0.05, 0.1) is 25.0 Å². The van der Waals surface area contributed by atoms with E-state index in [-0.39, 0.29) is 11.9 Å². The van der Waals surface area contributed by atoms with Crippen molar-refractivity contribution in [1.82, 2.24) is 24.6 Å². The number of nitrogens with zero attached hydrogens (tertiary/aromatic N) is 5. The van der Waals surface area contributed by atoms with Crippen molar-refractivity contribution in [2.45, 2.75) is 11.2 Å². The topological polar surface area (TPSA) is 63.5 Å². The molecule has 0 spiro atoms. The van der Waals surface area contributed by atoms with Gasteiger partial charge >= 0.3 is 0 Å². The molecule has 21 heavy (non-hydrogen) atoms. The lowest BCUT2D eigenvalue weighted by Gasteiger charge is -2.29. The highest BCUT2D eigenvalue weighted by Gasteiger charge is 2.34. The number of likely N-dealkylation sites (N-methyl/N-ethyl adjacent to an activating group) is 1. The monoisotopic (exact) mass is 311 g/mol. The van der Waals surface area contributed by atoms with E-state index in [0.29, 0.717) is 18.3 Å². The van der Waals surface area contributed by atoms with Crippen molar-refractivity contribution < 1.29 is 9.53 Å². The van der Waals surface area contributed by atoms with Crippen LogP contribution in [0.2, 0.25) is 0 Å². The maximum absolute atomic E-state index is 12.6. The minimum atomic E-state index is 0.162. The summed E-state index contributed by atoms with van der Waals surface area (Å²) in [6.45, 7) is 4.07. The molecule has 0 radical (unpaired) electrons. The van der Waals surface area contributed by atoms with Gasteiger partial charge in [-0.25, -0.2) is 0 Å². The molecule has 0 N–H and O–H groups in total. The molecule has 2 aliphatic heterocycles. The smallest absolute Gasteiger partial charge is 0.233 e. The van der Waals surface area contributed by atoms with Gasteiger partial charge in [0.25, 0.3) is 0 Å². The number of fused-ring (bicyclic) bond motifs is 3. The zero-order chi connectivity index (χ0) is 14.8. The van der Waals surface area contributed by atoms with Crippen LogP contribution in [0.15, 0.2) is 11.5 Å². The summed E-state index contributed by atoms with van der Waals surface area (Å²) in [6, 6.07) is 0.162. The van der Waals surface area contributed by atoms with E-state index in [4.69, 9.17) is 4.74 Å². The molecule has 2 fully saturated rings. The van der Waals surface area contributed by atoms with Crippen LogP contribution in [0.4, 0.5) is 0 Å². The highest BCUT2D eigenvalue weighted by molar-refractivity contribution is 7.99. The van der Waals surface area contributed by atoms with Gasteiger partial charge in [-0.15, -0.1) is 10.2 Å². The fourth-order valence-corrected chi connectivity index (χ4v) is 3.77. The number of hydrogen-bond acceptors (Lipinski definition) is 6. The number of amides is 1. The molecule has 2 atom stereocenters. The van der Waals surface area contributed by atoms with Crippen molar-refractivity contribution in [3.05, 3.63) is 6.33 Å². The maximum atomic E-state index is 12.6. The van der Waals surface area contributed by atoms with E-state index >= 15 is 0 Å². The summed E-state index contributed by atoms with van der Waals surface area (Å²) in [4.78, 5) is 16.9. The number of carbonyl (C=O) groups is 1. The Hall–Kier alpha value is -1.12. The van der Waals surface area contributed by atoms with Crippen LogP contribution in [0.5, 0.6) is 0 Å². The summed E-state index contributed by atoms with van der Waals surface area (Å²) in [7, 11) is 4.00. The molecule has 1 amide bonds.